The Kier molecular flexibility index (Phi) is 6.07. The number of amides is 1. The third-order valence-electron chi connectivity index (χ3n) is 5.67. The van der Waals surface area contributed by atoms with Gasteiger partial charge in [-0.05, 0) is 43.7 Å². The summed E-state index contributed by atoms with van der Waals surface area (Å²) in [4.78, 5) is 28.9. The summed E-state index contributed by atoms with van der Waals surface area (Å²) in [6.45, 7) is 4.59. The van der Waals surface area contributed by atoms with Gasteiger partial charge in [-0.25, -0.2) is 9.97 Å². The number of aromatic nitrogens is 2. The molecule has 0 bridgehead atoms. The van der Waals surface area contributed by atoms with E-state index in [1.807, 2.05) is 68.6 Å². The van der Waals surface area contributed by atoms with Crippen LogP contribution in [0.15, 0.2) is 65.7 Å². The number of aliphatic imine (C=N–C) groups is 1. The predicted molar refractivity (Wildman–Crippen MR) is 126 cm³/mol. The first kappa shape index (κ1) is 20.7. The second-order valence-corrected chi connectivity index (χ2v) is 7.77. The largest absolute Gasteiger partial charge is 0.368 e. The zero-order valence-corrected chi connectivity index (χ0v) is 18.1. The van der Waals surface area contributed by atoms with Crippen LogP contribution in [0.25, 0.3) is 10.9 Å². The maximum atomic E-state index is 13.4. The number of para-hydroxylation sites is 1. The number of rotatable bonds is 7. The van der Waals surface area contributed by atoms with E-state index in [1.54, 1.807) is 11.1 Å². The molecule has 31 heavy (non-hydrogen) atoms. The lowest BCUT2D eigenvalue weighted by molar-refractivity contribution is 0.0728. The topological polar surface area (TPSA) is 70.5 Å². The number of allylic oxidation sites excluding steroid dienone is 1. The number of carbonyl (C=O) groups is 1. The van der Waals surface area contributed by atoms with E-state index in [0.717, 1.165) is 34.4 Å². The Labute approximate surface area is 182 Å². The average molecular weight is 414 g/mol. The molecule has 0 spiro atoms. The number of nitrogens with one attached hydrogen (secondary N) is 1. The molecule has 6 nitrogen and oxygen atoms in total. The first-order valence-electron chi connectivity index (χ1n) is 10.6. The molecule has 0 radical (unpaired) electrons. The van der Waals surface area contributed by atoms with Crippen molar-refractivity contribution in [1.82, 2.24) is 14.9 Å². The molecular formula is C25H27N5O. The van der Waals surface area contributed by atoms with Gasteiger partial charge in [-0.15, -0.1) is 0 Å². The third-order valence-corrected chi connectivity index (χ3v) is 5.67. The number of fused-ring (bicyclic) bond motifs is 1. The Morgan fingerprint density at radius 2 is 1.97 bits per heavy atom. The fourth-order valence-electron chi connectivity index (χ4n) is 3.78. The number of pyridine rings is 2. The SMILES string of the molecule is CC[C@@H](CNc1ccc2ccccc2n1)N(C)C(=O)c1nc(C)ccc1[C@@H]1C=CC=N1. The lowest BCUT2D eigenvalue weighted by Crippen LogP contribution is -2.42. The van der Waals surface area contributed by atoms with E-state index in [9.17, 15) is 4.79 Å². The fraction of sp³-hybridized carbons (Fsp3) is 0.280. The maximum absolute atomic E-state index is 13.4. The van der Waals surface area contributed by atoms with Crippen molar-refractivity contribution >= 4 is 28.8 Å². The third kappa shape index (κ3) is 4.48. The minimum Gasteiger partial charge on any atom is -0.368 e. The first-order chi connectivity index (χ1) is 15.1. The van der Waals surface area contributed by atoms with E-state index in [-0.39, 0.29) is 18.0 Å². The number of carbonyl (C=O) groups excluding carboxylic acids is 1. The number of aryl methyl sites for hydroxylation is 1. The highest BCUT2D eigenvalue weighted by Gasteiger charge is 2.26. The van der Waals surface area contributed by atoms with Crippen LogP contribution in [0.3, 0.4) is 0 Å². The molecule has 1 aliphatic rings. The van der Waals surface area contributed by atoms with Gasteiger partial charge in [0.25, 0.3) is 5.91 Å². The van der Waals surface area contributed by atoms with Gasteiger partial charge >= 0.3 is 0 Å². The second kappa shape index (κ2) is 9.08. The van der Waals surface area contributed by atoms with Gasteiger partial charge in [-0.3, -0.25) is 9.79 Å². The summed E-state index contributed by atoms with van der Waals surface area (Å²) in [5.41, 5.74) is 3.08. The molecule has 158 valence electrons. The summed E-state index contributed by atoms with van der Waals surface area (Å²) < 4.78 is 0. The summed E-state index contributed by atoms with van der Waals surface area (Å²) in [6.07, 6.45) is 6.45. The maximum Gasteiger partial charge on any atom is 0.272 e. The van der Waals surface area contributed by atoms with Gasteiger partial charge in [-0.2, -0.15) is 0 Å². The van der Waals surface area contributed by atoms with Crippen LogP contribution < -0.4 is 5.32 Å². The van der Waals surface area contributed by atoms with Crippen molar-refractivity contribution in [2.24, 2.45) is 4.99 Å². The van der Waals surface area contributed by atoms with Gasteiger partial charge in [0, 0.05) is 42.5 Å². The monoisotopic (exact) mass is 413 g/mol. The molecule has 6 heteroatoms. The molecule has 0 saturated carbocycles. The number of hydrogen-bond donors (Lipinski definition) is 1. The molecule has 2 atom stereocenters. The van der Waals surface area contributed by atoms with Gasteiger partial charge in [0.2, 0.25) is 0 Å². The number of likely N-dealkylation sites (N-methyl/N-ethyl adjacent to an activating group) is 1. The van der Waals surface area contributed by atoms with Crippen molar-refractivity contribution < 1.29 is 4.79 Å². The molecule has 0 saturated heterocycles. The molecule has 4 rings (SSSR count). The summed E-state index contributed by atoms with van der Waals surface area (Å²) in [5.74, 6) is 0.715. The van der Waals surface area contributed by atoms with E-state index in [4.69, 9.17) is 0 Å². The van der Waals surface area contributed by atoms with Crippen molar-refractivity contribution in [2.45, 2.75) is 32.4 Å². The molecular weight excluding hydrogens is 386 g/mol. The number of nitrogens with zero attached hydrogens (tertiary/aromatic N) is 4. The number of anilines is 1. The standard InChI is InChI=1S/C25H27N5O/c1-4-19(16-27-23-14-12-18-8-5-6-9-21(18)29-23)30(3)25(31)24-20(13-11-17(2)28-24)22-10-7-15-26-22/h5-15,19,22H,4,16H2,1-3H3,(H,27,29)/t19-,22-/m0/s1. The first-order valence-corrected chi connectivity index (χ1v) is 10.6. The Morgan fingerprint density at radius 3 is 2.74 bits per heavy atom. The van der Waals surface area contributed by atoms with Gasteiger partial charge in [0.15, 0.2) is 0 Å². The van der Waals surface area contributed by atoms with E-state index in [1.165, 1.54) is 0 Å². The molecule has 0 unspecified atom stereocenters. The Morgan fingerprint density at radius 1 is 1.13 bits per heavy atom. The van der Waals surface area contributed by atoms with Crippen molar-refractivity contribution in [3.05, 3.63) is 77.6 Å². The molecule has 2 aromatic heterocycles. The van der Waals surface area contributed by atoms with Crippen molar-refractivity contribution in [1.29, 1.82) is 0 Å². The highest BCUT2D eigenvalue weighted by atomic mass is 16.2. The molecule has 0 aliphatic carbocycles. The van der Waals surface area contributed by atoms with E-state index >= 15 is 0 Å². The van der Waals surface area contributed by atoms with Gasteiger partial charge in [0.05, 0.1) is 11.6 Å². The Bertz CT molecular complexity index is 1140. The van der Waals surface area contributed by atoms with Crippen LogP contribution in [-0.2, 0) is 0 Å². The fourth-order valence-corrected chi connectivity index (χ4v) is 3.78. The van der Waals surface area contributed by atoms with Crippen LogP contribution in [0.1, 0.15) is 41.1 Å². The molecule has 0 fully saturated rings. The summed E-state index contributed by atoms with van der Waals surface area (Å²) in [6, 6.07) is 15.8. The smallest absolute Gasteiger partial charge is 0.272 e. The second-order valence-electron chi connectivity index (χ2n) is 7.77. The van der Waals surface area contributed by atoms with Gasteiger partial charge in [-0.1, -0.05) is 37.3 Å². The van der Waals surface area contributed by atoms with Crippen LogP contribution in [-0.4, -0.2) is 46.6 Å². The molecule has 3 heterocycles. The van der Waals surface area contributed by atoms with Crippen LogP contribution in [0.2, 0.25) is 0 Å². The molecule has 1 N–H and O–H groups in total. The summed E-state index contributed by atoms with van der Waals surface area (Å²) >= 11 is 0. The lowest BCUT2D eigenvalue weighted by atomic mass is 10.0. The van der Waals surface area contributed by atoms with E-state index < -0.39 is 0 Å². The zero-order valence-electron chi connectivity index (χ0n) is 18.1. The number of hydrogen-bond acceptors (Lipinski definition) is 5. The van der Waals surface area contributed by atoms with Crippen LogP contribution in [0.4, 0.5) is 5.82 Å². The van der Waals surface area contributed by atoms with Gasteiger partial charge in [0.1, 0.15) is 11.5 Å². The normalized spacial score (nSPS) is 15.9. The molecule has 1 aromatic carbocycles. The summed E-state index contributed by atoms with van der Waals surface area (Å²) in [7, 11) is 1.84. The number of benzene rings is 1. The zero-order chi connectivity index (χ0) is 21.8. The lowest BCUT2D eigenvalue weighted by Gasteiger charge is -2.28. The van der Waals surface area contributed by atoms with E-state index in [2.05, 4.69) is 33.3 Å². The van der Waals surface area contributed by atoms with Gasteiger partial charge < -0.3 is 10.2 Å². The quantitative estimate of drug-likeness (QED) is 0.615. The van der Waals surface area contributed by atoms with Crippen molar-refractivity contribution in [3.8, 4) is 0 Å². The van der Waals surface area contributed by atoms with E-state index in [0.29, 0.717) is 12.2 Å². The highest BCUT2D eigenvalue weighted by Crippen LogP contribution is 2.26. The summed E-state index contributed by atoms with van der Waals surface area (Å²) in [5, 5.41) is 4.50. The Hall–Kier alpha value is -3.54. The van der Waals surface area contributed by atoms with Crippen LogP contribution >= 0.6 is 0 Å². The molecule has 1 amide bonds. The van der Waals surface area contributed by atoms with Crippen LogP contribution in [0.5, 0.6) is 0 Å². The minimum absolute atomic E-state index is 0.00134. The van der Waals surface area contributed by atoms with Crippen LogP contribution in [0, 0.1) is 6.92 Å². The highest BCUT2D eigenvalue weighted by molar-refractivity contribution is 5.94. The molecule has 1 aliphatic heterocycles. The predicted octanol–water partition coefficient (Wildman–Crippen LogP) is 4.58. The van der Waals surface area contributed by atoms with Crippen molar-refractivity contribution in [3.63, 3.8) is 0 Å². The molecule has 3 aromatic rings. The Balaban J connectivity index is 1.51. The average Bonchev–Trinajstić information content (AvgIpc) is 3.33. The minimum atomic E-state index is -0.152. The van der Waals surface area contributed by atoms with Crippen molar-refractivity contribution in [2.75, 3.05) is 18.9 Å².